The Kier molecular flexibility index (Phi) is 4.67. The summed E-state index contributed by atoms with van der Waals surface area (Å²) in [4.78, 5) is 22.0. The molecule has 1 saturated carbocycles. The number of carbonyl (C=O) groups is 1. The van der Waals surface area contributed by atoms with E-state index in [0.717, 1.165) is 25.4 Å². The molecule has 1 aromatic heterocycles. The zero-order chi connectivity index (χ0) is 17.3. The summed E-state index contributed by atoms with van der Waals surface area (Å²) in [5.74, 6) is 1.50. The Morgan fingerprint density at radius 2 is 2.04 bits per heavy atom. The minimum absolute atomic E-state index is 0.0530. The van der Waals surface area contributed by atoms with Crippen molar-refractivity contribution in [1.82, 2.24) is 14.8 Å². The summed E-state index contributed by atoms with van der Waals surface area (Å²) in [5.41, 5.74) is 0.793. The number of carbonyl (C=O) groups excluding carboxylic acids is 1. The van der Waals surface area contributed by atoms with Crippen LogP contribution in [0.2, 0.25) is 0 Å². The van der Waals surface area contributed by atoms with Gasteiger partial charge < -0.3 is 14.5 Å². The molecule has 25 heavy (non-hydrogen) atoms. The maximum Gasteiger partial charge on any atom is 0.272 e. The molecule has 0 N–H and O–H groups in total. The largest absolute Gasteiger partial charge is 0.481 e. The standard InChI is InChI=1S/C20H29N3O2/c1-25-18-6-2-5-17(21-18)19(24)23-12-4-10-20(15-23)9-3-11-22(14-20)13-16-7-8-16/h2,5-6,16H,3-4,7-15H2,1H3. The van der Waals surface area contributed by atoms with E-state index in [1.807, 2.05) is 11.0 Å². The number of rotatable bonds is 4. The molecule has 1 amide bonds. The molecule has 136 valence electrons. The molecule has 5 heteroatoms. The second-order valence-corrected chi connectivity index (χ2v) is 8.18. The lowest BCUT2D eigenvalue weighted by atomic mass is 9.73. The van der Waals surface area contributed by atoms with Crippen molar-refractivity contribution in [3.8, 4) is 5.88 Å². The summed E-state index contributed by atoms with van der Waals surface area (Å²) in [6.07, 6.45) is 7.71. The highest BCUT2D eigenvalue weighted by Crippen LogP contribution is 2.40. The lowest BCUT2D eigenvalue weighted by Gasteiger charge is -2.48. The predicted octanol–water partition coefficient (Wildman–Crippen LogP) is 2.82. The fourth-order valence-corrected chi connectivity index (χ4v) is 4.66. The van der Waals surface area contributed by atoms with Gasteiger partial charge in [-0.3, -0.25) is 4.79 Å². The second kappa shape index (κ2) is 6.94. The topological polar surface area (TPSA) is 45.7 Å². The van der Waals surface area contributed by atoms with Crippen LogP contribution >= 0.6 is 0 Å². The van der Waals surface area contributed by atoms with Crippen molar-refractivity contribution < 1.29 is 9.53 Å². The molecule has 0 radical (unpaired) electrons. The molecule has 1 aromatic rings. The first-order valence-corrected chi connectivity index (χ1v) is 9.70. The van der Waals surface area contributed by atoms with Crippen LogP contribution < -0.4 is 4.74 Å². The molecule has 3 aliphatic rings. The number of methoxy groups -OCH3 is 1. The highest BCUT2D eigenvalue weighted by atomic mass is 16.5. The van der Waals surface area contributed by atoms with Crippen LogP contribution in [0.15, 0.2) is 18.2 Å². The first-order valence-electron chi connectivity index (χ1n) is 9.70. The molecule has 4 rings (SSSR count). The van der Waals surface area contributed by atoms with Gasteiger partial charge in [-0.1, -0.05) is 6.07 Å². The summed E-state index contributed by atoms with van der Waals surface area (Å²) in [5, 5.41) is 0. The predicted molar refractivity (Wildman–Crippen MR) is 96.8 cm³/mol. The Morgan fingerprint density at radius 3 is 2.80 bits per heavy atom. The van der Waals surface area contributed by atoms with Gasteiger partial charge in [0.2, 0.25) is 5.88 Å². The van der Waals surface area contributed by atoms with Crippen molar-refractivity contribution in [2.24, 2.45) is 11.3 Å². The number of hydrogen-bond acceptors (Lipinski definition) is 4. The van der Waals surface area contributed by atoms with Crippen LogP contribution in [0, 0.1) is 11.3 Å². The zero-order valence-corrected chi connectivity index (χ0v) is 15.2. The van der Waals surface area contributed by atoms with E-state index in [9.17, 15) is 4.79 Å². The summed E-state index contributed by atoms with van der Waals surface area (Å²) < 4.78 is 5.17. The van der Waals surface area contributed by atoms with E-state index in [0.29, 0.717) is 17.0 Å². The molecule has 0 bridgehead atoms. The minimum Gasteiger partial charge on any atom is -0.481 e. The molecule has 2 aliphatic heterocycles. The van der Waals surface area contributed by atoms with Gasteiger partial charge in [0.1, 0.15) is 5.69 Å². The minimum atomic E-state index is 0.0530. The van der Waals surface area contributed by atoms with E-state index in [4.69, 9.17) is 4.74 Å². The molecule has 5 nitrogen and oxygen atoms in total. The molecule has 1 spiro atoms. The number of likely N-dealkylation sites (tertiary alicyclic amines) is 2. The van der Waals surface area contributed by atoms with E-state index in [1.165, 1.54) is 51.7 Å². The fraction of sp³-hybridized carbons (Fsp3) is 0.700. The quantitative estimate of drug-likeness (QED) is 0.843. The molecule has 0 aromatic carbocycles. The number of pyridine rings is 1. The Hall–Kier alpha value is -1.62. The Labute approximate surface area is 150 Å². The summed E-state index contributed by atoms with van der Waals surface area (Å²) in [6.45, 7) is 5.41. The summed E-state index contributed by atoms with van der Waals surface area (Å²) >= 11 is 0. The van der Waals surface area contributed by atoms with Crippen molar-refractivity contribution >= 4 is 5.91 Å². The first-order chi connectivity index (χ1) is 12.2. The van der Waals surface area contributed by atoms with Gasteiger partial charge in [0.25, 0.3) is 5.91 Å². The third-order valence-corrected chi connectivity index (χ3v) is 6.05. The van der Waals surface area contributed by atoms with Gasteiger partial charge in [0, 0.05) is 37.7 Å². The average Bonchev–Trinajstić information content (AvgIpc) is 3.45. The molecule has 1 aliphatic carbocycles. The number of amides is 1. The molecule has 2 saturated heterocycles. The SMILES string of the molecule is COc1cccc(C(=O)N2CCCC3(CCCN(CC4CC4)C3)C2)n1. The maximum atomic E-state index is 13.0. The Bertz CT molecular complexity index is 627. The molecule has 1 unspecified atom stereocenters. The van der Waals surface area contributed by atoms with Crippen LogP contribution in [-0.4, -0.2) is 60.5 Å². The van der Waals surface area contributed by atoms with E-state index in [-0.39, 0.29) is 5.91 Å². The third kappa shape index (κ3) is 3.81. The van der Waals surface area contributed by atoms with Crippen molar-refractivity contribution in [2.45, 2.75) is 38.5 Å². The maximum absolute atomic E-state index is 13.0. The number of piperidine rings is 2. The summed E-state index contributed by atoms with van der Waals surface area (Å²) in [6, 6.07) is 5.43. The van der Waals surface area contributed by atoms with Gasteiger partial charge in [0.05, 0.1) is 7.11 Å². The average molecular weight is 343 g/mol. The molecule has 3 fully saturated rings. The van der Waals surface area contributed by atoms with Crippen molar-refractivity contribution in [3.05, 3.63) is 23.9 Å². The normalized spacial score (nSPS) is 27.5. The highest BCUT2D eigenvalue weighted by molar-refractivity contribution is 5.92. The zero-order valence-electron chi connectivity index (χ0n) is 15.2. The van der Waals surface area contributed by atoms with Gasteiger partial charge in [-0.05, 0) is 57.1 Å². The van der Waals surface area contributed by atoms with Crippen LogP contribution in [0.3, 0.4) is 0 Å². The first kappa shape index (κ1) is 16.8. The van der Waals surface area contributed by atoms with Gasteiger partial charge >= 0.3 is 0 Å². The second-order valence-electron chi connectivity index (χ2n) is 8.18. The lowest BCUT2D eigenvalue weighted by molar-refractivity contribution is 0.0122. The number of nitrogens with zero attached hydrogens (tertiary/aromatic N) is 3. The van der Waals surface area contributed by atoms with Gasteiger partial charge in [-0.2, -0.15) is 0 Å². The van der Waals surface area contributed by atoms with E-state index in [1.54, 1.807) is 19.2 Å². The van der Waals surface area contributed by atoms with Gasteiger partial charge in [0.15, 0.2) is 0 Å². The molecule has 3 heterocycles. The molecule has 1 atom stereocenters. The molecular formula is C20H29N3O2. The van der Waals surface area contributed by atoms with Crippen LogP contribution in [0.25, 0.3) is 0 Å². The van der Waals surface area contributed by atoms with Gasteiger partial charge in [-0.15, -0.1) is 0 Å². The van der Waals surface area contributed by atoms with Crippen LogP contribution in [0.5, 0.6) is 5.88 Å². The van der Waals surface area contributed by atoms with E-state index < -0.39 is 0 Å². The molecular weight excluding hydrogens is 314 g/mol. The monoisotopic (exact) mass is 343 g/mol. The lowest BCUT2D eigenvalue weighted by Crippen LogP contribution is -2.54. The Balaban J connectivity index is 1.45. The number of hydrogen-bond donors (Lipinski definition) is 0. The summed E-state index contributed by atoms with van der Waals surface area (Å²) in [7, 11) is 1.59. The van der Waals surface area contributed by atoms with Crippen LogP contribution in [0.1, 0.15) is 49.0 Å². The smallest absolute Gasteiger partial charge is 0.272 e. The third-order valence-electron chi connectivity index (χ3n) is 6.05. The van der Waals surface area contributed by atoms with E-state index >= 15 is 0 Å². The Morgan fingerprint density at radius 1 is 1.24 bits per heavy atom. The van der Waals surface area contributed by atoms with Crippen molar-refractivity contribution in [3.63, 3.8) is 0 Å². The number of ether oxygens (including phenoxy) is 1. The van der Waals surface area contributed by atoms with Crippen LogP contribution in [0.4, 0.5) is 0 Å². The van der Waals surface area contributed by atoms with E-state index in [2.05, 4.69) is 9.88 Å². The van der Waals surface area contributed by atoms with Crippen molar-refractivity contribution in [2.75, 3.05) is 39.8 Å². The van der Waals surface area contributed by atoms with Crippen molar-refractivity contribution in [1.29, 1.82) is 0 Å². The fourth-order valence-electron chi connectivity index (χ4n) is 4.66. The van der Waals surface area contributed by atoms with Crippen LogP contribution in [-0.2, 0) is 0 Å². The highest BCUT2D eigenvalue weighted by Gasteiger charge is 2.41. The number of aromatic nitrogens is 1. The van der Waals surface area contributed by atoms with Gasteiger partial charge in [-0.25, -0.2) is 4.98 Å².